The van der Waals surface area contributed by atoms with E-state index in [9.17, 15) is 0 Å². The molecular weight excluding hydrogens is 302 g/mol. The van der Waals surface area contributed by atoms with Crippen LogP contribution < -0.4 is 5.32 Å². The molecule has 0 radical (unpaired) electrons. The monoisotopic (exact) mass is 323 g/mol. The van der Waals surface area contributed by atoms with Crippen LogP contribution in [-0.2, 0) is 0 Å². The number of aryl methyl sites for hydroxylation is 1. The number of aromatic nitrogens is 1. The van der Waals surface area contributed by atoms with Gasteiger partial charge in [-0.3, -0.25) is 9.88 Å². The van der Waals surface area contributed by atoms with Crippen LogP contribution >= 0.6 is 11.3 Å². The van der Waals surface area contributed by atoms with Gasteiger partial charge in [-0.1, -0.05) is 24.3 Å². The molecule has 1 aliphatic rings. The van der Waals surface area contributed by atoms with Gasteiger partial charge in [-0.2, -0.15) is 0 Å². The van der Waals surface area contributed by atoms with E-state index in [1.54, 1.807) is 0 Å². The molecule has 0 bridgehead atoms. The van der Waals surface area contributed by atoms with E-state index in [1.165, 1.54) is 15.8 Å². The molecule has 1 fully saturated rings. The fourth-order valence-electron chi connectivity index (χ4n) is 3.28. The lowest BCUT2D eigenvalue weighted by molar-refractivity contribution is 0.198. The summed E-state index contributed by atoms with van der Waals surface area (Å²) in [6.07, 6.45) is 0. The van der Waals surface area contributed by atoms with Crippen LogP contribution in [0.2, 0.25) is 0 Å². The first-order valence-corrected chi connectivity index (χ1v) is 9.05. The smallest absolute Gasteiger partial charge is 0.0871 e. The van der Waals surface area contributed by atoms with Crippen molar-refractivity contribution >= 4 is 22.2 Å². The highest BCUT2D eigenvalue weighted by Gasteiger charge is 2.26. The number of piperazine rings is 1. The largest absolute Gasteiger partial charge is 0.314 e. The summed E-state index contributed by atoms with van der Waals surface area (Å²) < 4.78 is 0. The number of hydrogen-bond acceptors (Lipinski definition) is 4. The number of fused-ring (bicyclic) bond motifs is 1. The molecule has 3 nitrogen and oxygen atoms in total. The summed E-state index contributed by atoms with van der Waals surface area (Å²) in [7, 11) is 0. The maximum Gasteiger partial charge on any atom is 0.0871 e. The minimum Gasteiger partial charge on any atom is -0.314 e. The van der Waals surface area contributed by atoms with Gasteiger partial charge in [0.15, 0.2) is 0 Å². The predicted octanol–water partition coefficient (Wildman–Crippen LogP) is 3.60. The van der Waals surface area contributed by atoms with Crippen molar-refractivity contribution in [3.63, 3.8) is 0 Å². The van der Waals surface area contributed by atoms with Gasteiger partial charge in [-0.15, -0.1) is 11.3 Å². The zero-order valence-corrected chi connectivity index (χ0v) is 14.1. The lowest BCUT2D eigenvalue weighted by Crippen LogP contribution is -2.45. The van der Waals surface area contributed by atoms with Crippen molar-refractivity contribution in [3.05, 3.63) is 64.0 Å². The minimum absolute atomic E-state index is 0.264. The van der Waals surface area contributed by atoms with Gasteiger partial charge in [-0.05, 0) is 36.1 Å². The Kier molecular flexibility index (Phi) is 4.12. The summed E-state index contributed by atoms with van der Waals surface area (Å²) in [6, 6.07) is 15.3. The van der Waals surface area contributed by atoms with E-state index in [2.05, 4.69) is 65.0 Å². The summed E-state index contributed by atoms with van der Waals surface area (Å²) in [6.45, 7) is 6.40. The molecule has 1 unspecified atom stereocenters. The Morgan fingerprint density at radius 3 is 2.74 bits per heavy atom. The van der Waals surface area contributed by atoms with Gasteiger partial charge in [0.05, 0.1) is 17.3 Å². The molecule has 1 aromatic carbocycles. The molecule has 1 N–H and O–H groups in total. The maximum absolute atomic E-state index is 4.98. The van der Waals surface area contributed by atoms with Gasteiger partial charge in [0.1, 0.15) is 0 Å². The minimum atomic E-state index is 0.264. The topological polar surface area (TPSA) is 28.2 Å². The second-order valence-corrected chi connectivity index (χ2v) is 7.09. The first-order valence-electron chi connectivity index (χ1n) is 8.17. The Hall–Kier alpha value is -1.75. The third-order valence-electron chi connectivity index (χ3n) is 4.44. The summed E-state index contributed by atoms with van der Waals surface area (Å²) in [4.78, 5) is 8.93. The van der Waals surface area contributed by atoms with Gasteiger partial charge < -0.3 is 5.32 Å². The van der Waals surface area contributed by atoms with E-state index in [4.69, 9.17) is 4.98 Å². The van der Waals surface area contributed by atoms with Gasteiger partial charge >= 0.3 is 0 Å². The Labute approximate surface area is 141 Å². The predicted molar refractivity (Wildman–Crippen MR) is 97.1 cm³/mol. The molecule has 3 aromatic rings. The molecule has 0 amide bonds. The van der Waals surface area contributed by atoms with Gasteiger partial charge in [-0.25, -0.2) is 0 Å². The van der Waals surface area contributed by atoms with E-state index < -0.39 is 0 Å². The number of hydrogen-bond donors (Lipinski definition) is 1. The van der Waals surface area contributed by atoms with Gasteiger partial charge in [0, 0.05) is 36.4 Å². The van der Waals surface area contributed by atoms with Crippen LogP contribution in [-0.4, -0.2) is 36.1 Å². The highest BCUT2D eigenvalue weighted by Crippen LogP contribution is 2.33. The standard InChI is InChI=1S/C19H21N3S/c1-14-12-18(23-13-14)19(22-10-8-20-9-11-22)17-7-6-15-4-2-3-5-16(15)21-17/h2-7,12-13,19-20H,8-11H2,1H3. The third-order valence-corrected chi connectivity index (χ3v) is 5.54. The molecule has 23 heavy (non-hydrogen) atoms. The maximum atomic E-state index is 4.98. The van der Waals surface area contributed by atoms with E-state index in [-0.39, 0.29) is 6.04 Å². The molecule has 0 aliphatic carbocycles. The Balaban J connectivity index is 1.78. The molecule has 1 atom stereocenters. The van der Waals surface area contributed by atoms with Crippen LogP contribution in [0.4, 0.5) is 0 Å². The number of pyridine rings is 1. The first-order chi connectivity index (χ1) is 11.3. The van der Waals surface area contributed by atoms with Crippen molar-refractivity contribution in [2.24, 2.45) is 0 Å². The van der Waals surface area contributed by atoms with Crippen molar-refractivity contribution in [2.75, 3.05) is 26.2 Å². The Morgan fingerprint density at radius 1 is 1.13 bits per heavy atom. The number of rotatable bonds is 3. The average Bonchev–Trinajstić information content (AvgIpc) is 3.02. The summed E-state index contributed by atoms with van der Waals surface area (Å²) >= 11 is 1.85. The SMILES string of the molecule is Cc1csc(C(c2ccc3ccccc3n2)N2CCNCC2)c1. The molecule has 4 heteroatoms. The van der Waals surface area contributed by atoms with Crippen LogP contribution in [0, 0.1) is 6.92 Å². The normalized spacial score (nSPS) is 17.4. The molecule has 1 aliphatic heterocycles. The Morgan fingerprint density at radius 2 is 1.96 bits per heavy atom. The average molecular weight is 323 g/mol. The van der Waals surface area contributed by atoms with Gasteiger partial charge in [0.25, 0.3) is 0 Å². The van der Waals surface area contributed by atoms with E-state index in [0.29, 0.717) is 0 Å². The number of nitrogens with zero attached hydrogens (tertiary/aromatic N) is 2. The van der Waals surface area contributed by atoms with Crippen molar-refractivity contribution in [2.45, 2.75) is 13.0 Å². The summed E-state index contributed by atoms with van der Waals surface area (Å²) in [5, 5.41) is 6.90. The van der Waals surface area contributed by atoms with Crippen molar-refractivity contribution in [1.29, 1.82) is 0 Å². The number of benzene rings is 1. The van der Waals surface area contributed by atoms with Crippen LogP contribution in [0.3, 0.4) is 0 Å². The fraction of sp³-hybridized carbons (Fsp3) is 0.316. The number of thiophene rings is 1. The second kappa shape index (κ2) is 6.40. The first kappa shape index (κ1) is 14.8. The van der Waals surface area contributed by atoms with Gasteiger partial charge in [0.2, 0.25) is 0 Å². The highest BCUT2D eigenvalue weighted by atomic mass is 32.1. The highest BCUT2D eigenvalue weighted by molar-refractivity contribution is 7.10. The number of nitrogens with one attached hydrogen (secondary N) is 1. The van der Waals surface area contributed by atoms with Crippen molar-refractivity contribution < 1.29 is 0 Å². The third kappa shape index (κ3) is 3.02. The molecule has 0 spiro atoms. The summed E-state index contributed by atoms with van der Waals surface area (Å²) in [5.74, 6) is 0. The lowest BCUT2D eigenvalue weighted by atomic mass is 10.1. The van der Waals surface area contributed by atoms with Crippen molar-refractivity contribution in [3.8, 4) is 0 Å². The number of para-hydroxylation sites is 1. The molecule has 118 valence electrons. The molecule has 2 aromatic heterocycles. The fourth-order valence-corrected chi connectivity index (χ4v) is 4.33. The van der Waals surface area contributed by atoms with Crippen LogP contribution in [0.25, 0.3) is 10.9 Å². The zero-order valence-electron chi connectivity index (χ0n) is 13.3. The van der Waals surface area contributed by atoms with E-state index >= 15 is 0 Å². The van der Waals surface area contributed by atoms with Crippen LogP contribution in [0.1, 0.15) is 22.2 Å². The molecular formula is C19H21N3S. The quantitative estimate of drug-likeness (QED) is 0.798. The van der Waals surface area contributed by atoms with Crippen LogP contribution in [0.5, 0.6) is 0 Å². The zero-order chi connectivity index (χ0) is 15.6. The van der Waals surface area contributed by atoms with E-state index in [1.807, 2.05) is 11.3 Å². The molecule has 4 rings (SSSR count). The Bertz CT molecular complexity index is 805. The molecule has 3 heterocycles. The van der Waals surface area contributed by atoms with Crippen LogP contribution in [0.15, 0.2) is 47.8 Å². The lowest BCUT2D eigenvalue weighted by Gasteiger charge is -2.34. The second-order valence-electron chi connectivity index (χ2n) is 6.14. The van der Waals surface area contributed by atoms with Crippen molar-refractivity contribution in [1.82, 2.24) is 15.2 Å². The molecule has 0 saturated carbocycles. The summed E-state index contributed by atoms with van der Waals surface area (Å²) in [5.41, 5.74) is 3.58. The molecule has 1 saturated heterocycles. The van der Waals surface area contributed by atoms with E-state index in [0.717, 1.165) is 37.4 Å².